The van der Waals surface area contributed by atoms with Crippen LogP contribution in [0.15, 0.2) is 66.9 Å². The Morgan fingerprint density at radius 2 is 1.68 bits per heavy atom. The zero-order valence-electron chi connectivity index (χ0n) is 15.2. The molecule has 0 aliphatic carbocycles. The second-order valence-electron chi connectivity index (χ2n) is 7.26. The van der Waals surface area contributed by atoms with Crippen LogP contribution in [0.1, 0.15) is 40.4 Å². The summed E-state index contributed by atoms with van der Waals surface area (Å²) in [6, 6.07) is 22.7. The van der Waals surface area contributed by atoms with Crippen LogP contribution < -0.4 is 0 Å². The maximum atomic E-state index is 2.64. The van der Waals surface area contributed by atoms with Gasteiger partial charge in [0.1, 0.15) is 0 Å². The van der Waals surface area contributed by atoms with Crippen LogP contribution in [0.3, 0.4) is 0 Å². The molecule has 2 aromatic carbocycles. The van der Waals surface area contributed by atoms with E-state index >= 15 is 0 Å². The van der Waals surface area contributed by atoms with Crippen molar-refractivity contribution in [2.24, 2.45) is 0 Å². The molecule has 2 heteroatoms. The van der Waals surface area contributed by atoms with Crippen LogP contribution in [0.25, 0.3) is 0 Å². The zero-order valence-corrected chi connectivity index (χ0v) is 15.2. The van der Waals surface area contributed by atoms with E-state index < -0.39 is 0 Å². The van der Waals surface area contributed by atoms with Gasteiger partial charge in [0.25, 0.3) is 0 Å². The van der Waals surface area contributed by atoms with Crippen LogP contribution >= 0.6 is 0 Å². The third kappa shape index (κ3) is 3.40. The molecule has 0 spiro atoms. The summed E-state index contributed by atoms with van der Waals surface area (Å²) in [6.07, 6.45) is 3.42. The summed E-state index contributed by atoms with van der Waals surface area (Å²) in [4.78, 5) is 2.64. The molecule has 1 unspecified atom stereocenters. The van der Waals surface area contributed by atoms with E-state index in [1.165, 1.54) is 34.4 Å². The Morgan fingerprint density at radius 1 is 0.880 bits per heavy atom. The lowest BCUT2D eigenvalue weighted by atomic mass is 9.99. The molecular formula is C23H26N2. The minimum atomic E-state index is 0.318. The van der Waals surface area contributed by atoms with E-state index in [0.29, 0.717) is 6.04 Å². The first-order valence-electron chi connectivity index (χ1n) is 9.22. The number of fused-ring (bicyclic) bond motifs is 1. The van der Waals surface area contributed by atoms with Gasteiger partial charge in [-0.05, 0) is 43.5 Å². The highest BCUT2D eigenvalue weighted by Gasteiger charge is 2.27. The van der Waals surface area contributed by atoms with Crippen LogP contribution in [-0.4, -0.2) is 16.0 Å². The Balaban J connectivity index is 1.75. The lowest BCUT2D eigenvalue weighted by molar-refractivity contribution is 0.220. The quantitative estimate of drug-likeness (QED) is 0.648. The van der Waals surface area contributed by atoms with Gasteiger partial charge in [-0.25, -0.2) is 0 Å². The largest absolute Gasteiger partial charge is 0.350 e. The van der Waals surface area contributed by atoms with Crippen LogP contribution in [0, 0.1) is 13.8 Å². The van der Waals surface area contributed by atoms with Crippen molar-refractivity contribution < 1.29 is 0 Å². The van der Waals surface area contributed by atoms with Crippen molar-refractivity contribution in [3.63, 3.8) is 0 Å². The first-order valence-corrected chi connectivity index (χ1v) is 9.22. The normalized spacial score (nSPS) is 17.9. The van der Waals surface area contributed by atoms with E-state index in [4.69, 9.17) is 0 Å². The molecule has 1 aliphatic rings. The molecule has 0 saturated carbocycles. The SMILES string of the molecule is Cc1cccc(CN2CCCn3cccc3C2c2cccc(C)c2)c1. The Hall–Kier alpha value is -2.32. The van der Waals surface area contributed by atoms with Gasteiger partial charge in [-0.3, -0.25) is 4.90 Å². The van der Waals surface area contributed by atoms with Gasteiger partial charge < -0.3 is 4.57 Å². The molecule has 0 fully saturated rings. The van der Waals surface area contributed by atoms with Gasteiger partial charge in [0.05, 0.1) is 6.04 Å². The second-order valence-corrected chi connectivity index (χ2v) is 7.26. The summed E-state index contributed by atoms with van der Waals surface area (Å²) in [6.45, 7) is 7.58. The minimum absolute atomic E-state index is 0.318. The molecule has 0 saturated heterocycles. The van der Waals surface area contributed by atoms with Crippen molar-refractivity contribution in [1.82, 2.24) is 9.47 Å². The Kier molecular flexibility index (Phi) is 4.46. The molecule has 2 heterocycles. The maximum absolute atomic E-state index is 2.64. The second kappa shape index (κ2) is 6.89. The Bertz CT molecular complexity index is 862. The van der Waals surface area contributed by atoms with Crippen LogP contribution in [0.4, 0.5) is 0 Å². The van der Waals surface area contributed by atoms with E-state index in [1.54, 1.807) is 0 Å². The van der Waals surface area contributed by atoms with Crippen LogP contribution in [0.5, 0.6) is 0 Å². The molecule has 1 aliphatic heterocycles. The van der Waals surface area contributed by atoms with E-state index in [2.05, 4.69) is 90.2 Å². The lowest BCUT2D eigenvalue weighted by Crippen LogP contribution is -2.29. The lowest BCUT2D eigenvalue weighted by Gasteiger charge is -2.31. The number of aromatic nitrogens is 1. The topological polar surface area (TPSA) is 8.17 Å². The molecule has 0 amide bonds. The minimum Gasteiger partial charge on any atom is -0.350 e. The van der Waals surface area contributed by atoms with E-state index in [1.807, 2.05) is 0 Å². The molecule has 25 heavy (non-hydrogen) atoms. The summed E-state index contributed by atoms with van der Waals surface area (Å²) in [5, 5.41) is 0. The fourth-order valence-electron chi connectivity index (χ4n) is 4.08. The zero-order chi connectivity index (χ0) is 17.2. The van der Waals surface area contributed by atoms with Gasteiger partial charge in [0.2, 0.25) is 0 Å². The fourth-order valence-corrected chi connectivity index (χ4v) is 4.08. The monoisotopic (exact) mass is 330 g/mol. The smallest absolute Gasteiger partial charge is 0.0759 e. The predicted octanol–water partition coefficient (Wildman–Crippen LogP) is 5.10. The van der Waals surface area contributed by atoms with E-state index in [9.17, 15) is 0 Å². The van der Waals surface area contributed by atoms with Gasteiger partial charge in [-0.15, -0.1) is 0 Å². The highest BCUT2D eigenvalue weighted by molar-refractivity contribution is 5.33. The van der Waals surface area contributed by atoms with Crippen molar-refractivity contribution in [3.8, 4) is 0 Å². The van der Waals surface area contributed by atoms with Gasteiger partial charge in [-0.2, -0.15) is 0 Å². The number of nitrogens with zero attached hydrogens (tertiary/aromatic N) is 2. The molecule has 4 rings (SSSR count). The summed E-state index contributed by atoms with van der Waals surface area (Å²) < 4.78 is 2.43. The molecule has 0 radical (unpaired) electrons. The van der Waals surface area contributed by atoms with Gasteiger partial charge in [-0.1, -0.05) is 59.7 Å². The first kappa shape index (κ1) is 16.2. The first-order chi connectivity index (χ1) is 12.2. The summed E-state index contributed by atoms with van der Waals surface area (Å²) >= 11 is 0. The standard InChI is InChI=1S/C23H26N2/c1-18-7-3-9-20(15-18)17-25-14-6-13-24-12-5-11-22(24)23(25)21-10-4-8-19(2)16-21/h3-5,7-12,15-16,23H,6,13-14,17H2,1-2H3. The molecule has 0 bridgehead atoms. The number of rotatable bonds is 3. The highest BCUT2D eigenvalue weighted by Crippen LogP contribution is 2.33. The van der Waals surface area contributed by atoms with Crippen molar-refractivity contribution in [3.05, 3.63) is 94.8 Å². The van der Waals surface area contributed by atoms with Gasteiger partial charge in [0, 0.05) is 31.5 Å². The van der Waals surface area contributed by atoms with Crippen molar-refractivity contribution in [2.45, 2.75) is 39.4 Å². The molecule has 1 atom stereocenters. The van der Waals surface area contributed by atoms with Gasteiger partial charge in [0.15, 0.2) is 0 Å². The number of aryl methyl sites for hydroxylation is 3. The average molecular weight is 330 g/mol. The number of benzene rings is 2. The van der Waals surface area contributed by atoms with Crippen molar-refractivity contribution in [1.29, 1.82) is 0 Å². The predicted molar refractivity (Wildman–Crippen MR) is 104 cm³/mol. The molecule has 1 aromatic heterocycles. The maximum Gasteiger partial charge on any atom is 0.0759 e. The molecule has 2 nitrogen and oxygen atoms in total. The summed E-state index contributed by atoms with van der Waals surface area (Å²) in [7, 11) is 0. The van der Waals surface area contributed by atoms with E-state index in [-0.39, 0.29) is 0 Å². The molecule has 3 aromatic rings. The molecular weight excluding hydrogens is 304 g/mol. The fraction of sp³-hybridized carbons (Fsp3) is 0.304. The van der Waals surface area contributed by atoms with Crippen molar-refractivity contribution >= 4 is 0 Å². The summed E-state index contributed by atoms with van der Waals surface area (Å²) in [5.41, 5.74) is 6.88. The highest BCUT2D eigenvalue weighted by atomic mass is 15.2. The Morgan fingerprint density at radius 3 is 2.48 bits per heavy atom. The third-order valence-electron chi connectivity index (χ3n) is 5.18. The number of hydrogen-bond donors (Lipinski definition) is 0. The third-order valence-corrected chi connectivity index (χ3v) is 5.18. The average Bonchev–Trinajstić information content (AvgIpc) is 2.96. The molecule has 128 valence electrons. The Labute approximate surface area is 150 Å². The molecule has 0 N–H and O–H groups in total. The van der Waals surface area contributed by atoms with E-state index in [0.717, 1.165) is 19.6 Å². The van der Waals surface area contributed by atoms with Crippen LogP contribution in [0.2, 0.25) is 0 Å². The van der Waals surface area contributed by atoms with Crippen molar-refractivity contribution in [2.75, 3.05) is 6.54 Å². The van der Waals surface area contributed by atoms with Gasteiger partial charge >= 0.3 is 0 Å². The van der Waals surface area contributed by atoms with Crippen LogP contribution in [-0.2, 0) is 13.1 Å². The number of hydrogen-bond acceptors (Lipinski definition) is 1. The summed E-state index contributed by atoms with van der Waals surface area (Å²) in [5.74, 6) is 0.